The lowest BCUT2D eigenvalue weighted by Gasteiger charge is -2.45. The van der Waals surface area contributed by atoms with Crippen LogP contribution in [0.15, 0.2) is 0 Å². The molecule has 1 aliphatic carbocycles. The van der Waals surface area contributed by atoms with Gasteiger partial charge in [-0.05, 0) is 38.0 Å². The summed E-state index contributed by atoms with van der Waals surface area (Å²) in [5.74, 6) is 0.971. The lowest BCUT2D eigenvalue weighted by molar-refractivity contribution is -0.139. The molecule has 2 unspecified atom stereocenters. The van der Waals surface area contributed by atoms with Crippen molar-refractivity contribution in [3.05, 3.63) is 0 Å². The molecule has 2 fully saturated rings. The summed E-state index contributed by atoms with van der Waals surface area (Å²) in [7, 11) is 0. The first kappa shape index (κ1) is 12.9. The first-order chi connectivity index (χ1) is 8.24. The molecule has 1 saturated heterocycles. The molecule has 1 saturated carbocycles. The Hall–Kier alpha value is -0.570. The van der Waals surface area contributed by atoms with Gasteiger partial charge in [0.1, 0.15) is 0 Å². The minimum absolute atomic E-state index is 0.212. The Balaban J connectivity index is 2.00. The van der Waals surface area contributed by atoms with Gasteiger partial charge in [-0.25, -0.2) is 0 Å². The fourth-order valence-electron chi connectivity index (χ4n) is 3.55. The van der Waals surface area contributed by atoms with Gasteiger partial charge in [-0.15, -0.1) is 0 Å². The van der Waals surface area contributed by atoms with Crippen molar-refractivity contribution in [2.45, 2.75) is 70.4 Å². The third-order valence-electron chi connectivity index (χ3n) is 4.44. The van der Waals surface area contributed by atoms with Crippen LogP contribution in [-0.2, 0) is 4.79 Å². The summed E-state index contributed by atoms with van der Waals surface area (Å²) < 4.78 is 0. The normalized spacial score (nSPS) is 30.8. The summed E-state index contributed by atoms with van der Waals surface area (Å²) in [6.45, 7) is 3.03. The summed E-state index contributed by atoms with van der Waals surface area (Å²) in [5.41, 5.74) is 5.99. The zero-order chi connectivity index (χ0) is 12.3. The van der Waals surface area contributed by atoms with E-state index in [1.807, 2.05) is 0 Å². The molecule has 2 aliphatic rings. The van der Waals surface area contributed by atoms with Crippen LogP contribution in [0.25, 0.3) is 0 Å². The molecule has 98 valence electrons. The SMILES string of the molecule is CCC[C@H](N)C(=O)N1CCCC2CCCCC21. The number of piperidine rings is 1. The van der Waals surface area contributed by atoms with Crippen LogP contribution in [0.1, 0.15) is 58.3 Å². The number of hydrogen-bond donors (Lipinski definition) is 1. The van der Waals surface area contributed by atoms with E-state index >= 15 is 0 Å². The zero-order valence-electron chi connectivity index (χ0n) is 11.0. The Kier molecular flexibility index (Phi) is 4.43. The molecule has 2 rings (SSSR count). The van der Waals surface area contributed by atoms with Crippen LogP contribution in [0.4, 0.5) is 0 Å². The van der Waals surface area contributed by atoms with Crippen LogP contribution in [0.3, 0.4) is 0 Å². The molecule has 17 heavy (non-hydrogen) atoms. The van der Waals surface area contributed by atoms with E-state index in [1.165, 1.54) is 38.5 Å². The van der Waals surface area contributed by atoms with Crippen molar-refractivity contribution < 1.29 is 4.79 Å². The highest BCUT2D eigenvalue weighted by molar-refractivity contribution is 5.82. The van der Waals surface area contributed by atoms with Gasteiger partial charge in [-0.2, -0.15) is 0 Å². The van der Waals surface area contributed by atoms with Crippen molar-refractivity contribution in [1.29, 1.82) is 0 Å². The molecule has 1 aliphatic heterocycles. The van der Waals surface area contributed by atoms with E-state index in [2.05, 4.69) is 11.8 Å². The number of carbonyl (C=O) groups is 1. The molecule has 3 atom stereocenters. The maximum absolute atomic E-state index is 12.3. The highest BCUT2D eigenvalue weighted by atomic mass is 16.2. The number of nitrogens with zero attached hydrogens (tertiary/aromatic N) is 1. The van der Waals surface area contributed by atoms with Gasteiger partial charge >= 0.3 is 0 Å². The molecule has 0 aromatic rings. The Morgan fingerprint density at radius 1 is 1.29 bits per heavy atom. The zero-order valence-corrected chi connectivity index (χ0v) is 11.0. The standard InChI is InChI=1S/C14H26N2O/c1-2-6-12(15)14(17)16-10-5-8-11-7-3-4-9-13(11)16/h11-13H,2-10,15H2,1H3/t11?,12-,13?/m0/s1. The number of amides is 1. The second-order valence-electron chi connectivity index (χ2n) is 5.68. The first-order valence-electron chi connectivity index (χ1n) is 7.30. The number of likely N-dealkylation sites (tertiary alicyclic amines) is 1. The number of carbonyl (C=O) groups excluding carboxylic acids is 1. The van der Waals surface area contributed by atoms with E-state index in [4.69, 9.17) is 5.73 Å². The van der Waals surface area contributed by atoms with E-state index in [0.29, 0.717) is 6.04 Å². The molecule has 0 bridgehead atoms. The van der Waals surface area contributed by atoms with E-state index in [9.17, 15) is 4.79 Å². The predicted molar refractivity (Wildman–Crippen MR) is 69.6 cm³/mol. The molecule has 3 heteroatoms. The van der Waals surface area contributed by atoms with E-state index < -0.39 is 0 Å². The van der Waals surface area contributed by atoms with E-state index in [1.54, 1.807) is 0 Å². The summed E-state index contributed by atoms with van der Waals surface area (Å²) in [5, 5.41) is 0. The average Bonchev–Trinajstić information content (AvgIpc) is 2.37. The monoisotopic (exact) mass is 238 g/mol. The van der Waals surface area contributed by atoms with Crippen molar-refractivity contribution in [3.8, 4) is 0 Å². The van der Waals surface area contributed by atoms with Gasteiger partial charge in [-0.1, -0.05) is 26.2 Å². The van der Waals surface area contributed by atoms with Crippen molar-refractivity contribution in [1.82, 2.24) is 4.90 Å². The van der Waals surface area contributed by atoms with Gasteiger partial charge in [0.05, 0.1) is 6.04 Å². The molecular weight excluding hydrogens is 212 g/mol. The third kappa shape index (κ3) is 2.82. The maximum atomic E-state index is 12.3. The molecular formula is C14H26N2O. The Morgan fingerprint density at radius 3 is 2.76 bits per heavy atom. The third-order valence-corrected chi connectivity index (χ3v) is 4.44. The molecule has 1 heterocycles. The molecule has 1 amide bonds. The van der Waals surface area contributed by atoms with E-state index in [-0.39, 0.29) is 11.9 Å². The maximum Gasteiger partial charge on any atom is 0.239 e. The summed E-state index contributed by atoms with van der Waals surface area (Å²) in [6.07, 6.45) is 9.47. The second-order valence-corrected chi connectivity index (χ2v) is 5.68. The highest BCUT2D eigenvalue weighted by Gasteiger charge is 2.36. The summed E-state index contributed by atoms with van der Waals surface area (Å²) in [4.78, 5) is 14.5. The van der Waals surface area contributed by atoms with Crippen molar-refractivity contribution in [2.24, 2.45) is 11.7 Å². The van der Waals surface area contributed by atoms with Gasteiger partial charge in [0.25, 0.3) is 0 Å². The van der Waals surface area contributed by atoms with Gasteiger partial charge in [0.2, 0.25) is 5.91 Å². The number of hydrogen-bond acceptors (Lipinski definition) is 2. The van der Waals surface area contributed by atoms with Crippen molar-refractivity contribution in [3.63, 3.8) is 0 Å². The van der Waals surface area contributed by atoms with Crippen LogP contribution in [0.5, 0.6) is 0 Å². The Labute approximate surface area is 105 Å². The molecule has 0 aromatic heterocycles. The molecule has 2 N–H and O–H groups in total. The van der Waals surface area contributed by atoms with Crippen LogP contribution in [-0.4, -0.2) is 29.4 Å². The molecule has 3 nitrogen and oxygen atoms in total. The lowest BCUT2D eigenvalue weighted by Crippen LogP contribution is -2.54. The van der Waals surface area contributed by atoms with Gasteiger partial charge < -0.3 is 10.6 Å². The quantitative estimate of drug-likeness (QED) is 0.820. The number of rotatable bonds is 3. The van der Waals surface area contributed by atoms with Crippen molar-refractivity contribution in [2.75, 3.05) is 6.54 Å². The second kappa shape index (κ2) is 5.85. The molecule has 0 spiro atoms. The smallest absolute Gasteiger partial charge is 0.239 e. The lowest BCUT2D eigenvalue weighted by atomic mass is 9.78. The van der Waals surface area contributed by atoms with Gasteiger partial charge in [0, 0.05) is 12.6 Å². The highest BCUT2D eigenvalue weighted by Crippen LogP contribution is 2.35. The van der Waals surface area contributed by atoms with Gasteiger partial charge in [-0.3, -0.25) is 4.79 Å². The predicted octanol–water partition coefficient (Wildman–Crippen LogP) is 2.29. The molecule has 0 radical (unpaired) electrons. The Bertz CT molecular complexity index is 265. The summed E-state index contributed by atoms with van der Waals surface area (Å²) in [6, 6.07) is 0.244. The fourth-order valence-corrected chi connectivity index (χ4v) is 3.55. The van der Waals surface area contributed by atoms with Crippen LogP contribution < -0.4 is 5.73 Å². The van der Waals surface area contributed by atoms with Gasteiger partial charge in [0.15, 0.2) is 0 Å². The summed E-state index contributed by atoms with van der Waals surface area (Å²) >= 11 is 0. The number of fused-ring (bicyclic) bond motifs is 1. The minimum atomic E-state index is -0.263. The fraction of sp³-hybridized carbons (Fsp3) is 0.929. The van der Waals surface area contributed by atoms with Crippen LogP contribution in [0.2, 0.25) is 0 Å². The van der Waals surface area contributed by atoms with E-state index in [0.717, 1.165) is 25.3 Å². The topological polar surface area (TPSA) is 46.3 Å². The largest absolute Gasteiger partial charge is 0.338 e. The van der Waals surface area contributed by atoms with Crippen molar-refractivity contribution >= 4 is 5.91 Å². The first-order valence-corrected chi connectivity index (χ1v) is 7.30. The Morgan fingerprint density at radius 2 is 2.00 bits per heavy atom. The minimum Gasteiger partial charge on any atom is -0.338 e. The van der Waals surface area contributed by atoms with Crippen LogP contribution >= 0.6 is 0 Å². The number of nitrogens with two attached hydrogens (primary N) is 1. The molecule has 0 aromatic carbocycles. The average molecular weight is 238 g/mol. The van der Waals surface area contributed by atoms with Crippen LogP contribution in [0, 0.1) is 5.92 Å².